The number of aryl methyl sites for hydroxylation is 1. The van der Waals surface area contributed by atoms with Crippen molar-refractivity contribution in [3.8, 4) is 5.75 Å². The van der Waals surface area contributed by atoms with Crippen LogP contribution in [0, 0.1) is 6.92 Å². The fraction of sp³-hybridized carbons (Fsp3) is 0.400. The van der Waals surface area contributed by atoms with Crippen LogP contribution in [0.5, 0.6) is 5.75 Å². The molecule has 6 heteroatoms. The highest BCUT2D eigenvalue weighted by Crippen LogP contribution is 2.23. The standard InChI is InChI=1S/C15H19N3O3/c1-10(2)13-5-4-12(8-11(13)3)20-6-7-21-15(19)14-9-16-18-17-14/h4-5,8-10H,6-7H2,1-3H3,(H,16,17,18). The smallest absolute Gasteiger partial charge is 0.360 e. The molecule has 21 heavy (non-hydrogen) atoms. The Morgan fingerprint density at radius 3 is 2.76 bits per heavy atom. The highest BCUT2D eigenvalue weighted by Gasteiger charge is 2.10. The number of esters is 1. The summed E-state index contributed by atoms with van der Waals surface area (Å²) in [5, 5.41) is 9.54. The van der Waals surface area contributed by atoms with Crippen LogP contribution in [0.15, 0.2) is 24.4 Å². The number of aromatic nitrogens is 3. The first-order chi connectivity index (χ1) is 10.1. The van der Waals surface area contributed by atoms with Crippen LogP contribution in [0.3, 0.4) is 0 Å². The molecule has 0 spiro atoms. The van der Waals surface area contributed by atoms with E-state index in [0.29, 0.717) is 12.5 Å². The van der Waals surface area contributed by atoms with Gasteiger partial charge in [-0.25, -0.2) is 4.79 Å². The van der Waals surface area contributed by atoms with Gasteiger partial charge < -0.3 is 9.47 Å². The fourth-order valence-corrected chi connectivity index (χ4v) is 2.05. The van der Waals surface area contributed by atoms with E-state index in [1.807, 2.05) is 12.1 Å². The summed E-state index contributed by atoms with van der Waals surface area (Å²) in [6.07, 6.45) is 1.32. The van der Waals surface area contributed by atoms with Gasteiger partial charge in [0.15, 0.2) is 5.69 Å². The van der Waals surface area contributed by atoms with Gasteiger partial charge >= 0.3 is 5.97 Å². The molecule has 1 aromatic heterocycles. The Balaban J connectivity index is 1.79. The predicted molar refractivity (Wildman–Crippen MR) is 77.4 cm³/mol. The van der Waals surface area contributed by atoms with Crippen LogP contribution in [0.2, 0.25) is 0 Å². The monoisotopic (exact) mass is 289 g/mol. The number of H-pyrrole nitrogens is 1. The summed E-state index contributed by atoms with van der Waals surface area (Å²) in [5.74, 6) is 0.746. The molecule has 0 fully saturated rings. The summed E-state index contributed by atoms with van der Waals surface area (Å²) in [6.45, 7) is 6.84. The minimum Gasteiger partial charge on any atom is -0.490 e. The topological polar surface area (TPSA) is 77.1 Å². The van der Waals surface area contributed by atoms with Gasteiger partial charge in [0.05, 0.1) is 6.20 Å². The van der Waals surface area contributed by atoms with Crippen LogP contribution in [0.1, 0.15) is 41.4 Å². The number of nitrogens with one attached hydrogen (secondary N) is 1. The van der Waals surface area contributed by atoms with E-state index >= 15 is 0 Å². The number of carbonyl (C=O) groups excluding carboxylic acids is 1. The third-order valence-corrected chi connectivity index (χ3v) is 3.07. The predicted octanol–water partition coefficient (Wildman–Crippen LogP) is 2.47. The largest absolute Gasteiger partial charge is 0.490 e. The van der Waals surface area contributed by atoms with Crippen molar-refractivity contribution in [3.63, 3.8) is 0 Å². The first-order valence-electron chi connectivity index (χ1n) is 6.84. The van der Waals surface area contributed by atoms with Gasteiger partial charge in [0.25, 0.3) is 0 Å². The zero-order chi connectivity index (χ0) is 15.2. The Morgan fingerprint density at radius 2 is 2.14 bits per heavy atom. The zero-order valence-electron chi connectivity index (χ0n) is 12.4. The minimum absolute atomic E-state index is 0.159. The summed E-state index contributed by atoms with van der Waals surface area (Å²) in [6, 6.07) is 5.99. The second-order valence-corrected chi connectivity index (χ2v) is 5.01. The van der Waals surface area contributed by atoms with Crippen molar-refractivity contribution >= 4 is 5.97 Å². The van der Waals surface area contributed by atoms with Gasteiger partial charge in [0.1, 0.15) is 19.0 Å². The van der Waals surface area contributed by atoms with Crippen molar-refractivity contribution in [2.75, 3.05) is 13.2 Å². The van der Waals surface area contributed by atoms with E-state index in [1.165, 1.54) is 17.3 Å². The van der Waals surface area contributed by atoms with Gasteiger partial charge in [-0.1, -0.05) is 19.9 Å². The highest BCUT2D eigenvalue weighted by molar-refractivity contribution is 5.86. The van der Waals surface area contributed by atoms with Gasteiger partial charge in [-0.3, -0.25) is 0 Å². The van der Waals surface area contributed by atoms with Crippen molar-refractivity contribution in [1.29, 1.82) is 0 Å². The maximum atomic E-state index is 11.5. The van der Waals surface area contributed by atoms with E-state index in [2.05, 4.69) is 42.2 Å². The van der Waals surface area contributed by atoms with Crippen LogP contribution in [-0.4, -0.2) is 34.6 Å². The Kier molecular flexibility index (Phi) is 4.92. The summed E-state index contributed by atoms with van der Waals surface area (Å²) in [4.78, 5) is 11.5. The quantitative estimate of drug-likeness (QED) is 0.653. The molecule has 0 radical (unpaired) electrons. The molecule has 0 aliphatic carbocycles. The molecule has 112 valence electrons. The molecule has 0 aliphatic heterocycles. The normalized spacial score (nSPS) is 10.7. The van der Waals surface area contributed by atoms with Crippen molar-refractivity contribution in [2.45, 2.75) is 26.7 Å². The summed E-state index contributed by atoms with van der Waals surface area (Å²) in [5.41, 5.74) is 2.66. The Bertz CT molecular complexity index is 594. The van der Waals surface area contributed by atoms with Crippen LogP contribution in [0.25, 0.3) is 0 Å². The third-order valence-electron chi connectivity index (χ3n) is 3.07. The molecule has 0 aliphatic rings. The number of ether oxygens (including phenoxy) is 2. The van der Waals surface area contributed by atoms with Gasteiger partial charge in [0, 0.05) is 0 Å². The SMILES string of the molecule is Cc1cc(OCCOC(=O)c2cn[nH]n2)ccc1C(C)C. The van der Waals surface area contributed by atoms with Crippen LogP contribution >= 0.6 is 0 Å². The number of benzene rings is 1. The molecule has 1 heterocycles. The van der Waals surface area contributed by atoms with E-state index in [-0.39, 0.29) is 12.3 Å². The Labute approximate surface area is 123 Å². The van der Waals surface area contributed by atoms with E-state index < -0.39 is 5.97 Å². The summed E-state index contributed by atoms with van der Waals surface area (Å²) < 4.78 is 10.6. The van der Waals surface area contributed by atoms with Gasteiger partial charge in [0.2, 0.25) is 0 Å². The molecule has 1 N–H and O–H groups in total. The lowest BCUT2D eigenvalue weighted by Gasteiger charge is -2.12. The molecular formula is C15H19N3O3. The lowest BCUT2D eigenvalue weighted by atomic mass is 9.98. The van der Waals surface area contributed by atoms with Gasteiger partial charge in [-0.05, 0) is 36.1 Å². The molecule has 0 saturated carbocycles. The maximum absolute atomic E-state index is 11.5. The maximum Gasteiger partial charge on any atom is 0.360 e. The van der Waals surface area contributed by atoms with E-state index in [1.54, 1.807) is 0 Å². The van der Waals surface area contributed by atoms with Gasteiger partial charge in [-0.15, -0.1) is 5.10 Å². The molecule has 0 saturated heterocycles. The number of nitrogens with zero attached hydrogens (tertiary/aromatic N) is 2. The highest BCUT2D eigenvalue weighted by atomic mass is 16.6. The minimum atomic E-state index is -0.515. The fourth-order valence-electron chi connectivity index (χ4n) is 2.05. The number of aromatic amines is 1. The first kappa shape index (κ1) is 15.0. The van der Waals surface area contributed by atoms with E-state index in [0.717, 1.165) is 5.75 Å². The average Bonchev–Trinajstić information content (AvgIpc) is 2.97. The number of hydrogen-bond acceptors (Lipinski definition) is 5. The molecule has 0 unspecified atom stereocenters. The van der Waals surface area contributed by atoms with Crippen molar-refractivity contribution in [3.05, 3.63) is 41.2 Å². The van der Waals surface area contributed by atoms with E-state index in [9.17, 15) is 4.79 Å². The van der Waals surface area contributed by atoms with Gasteiger partial charge in [-0.2, -0.15) is 10.3 Å². The summed E-state index contributed by atoms with van der Waals surface area (Å²) >= 11 is 0. The molecule has 0 amide bonds. The van der Waals surface area contributed by atoms with Crippen LogP contribution in [-0.2, 0) is 4.74 Å². The van der Waals surface area contributed by atoms with Crippen molar-refractivity contribution in [1.82, 2.24) is 15.4 Å². The first-order valence-corrected chi connectivity index (χ1v) is 6.84. The molecule has 1 aromatic carbocycles. The molecular weight excluding hydrogens is 270 g/mol. The summed E-state index contributed by atoms with van der Waals surface area (Å²) in [7, 11) is 0. The Hall–Kier alpha value is -2.37. The van der Waals surface area contributed by atoms with Crippen LogP contribution in [0.4, 0.5) is 0 Å². The zero-order valence-corrected chi connectivity index (χ0v) is 12.4. The average molecular weight is 289 g/mol. The number of carbonyl (C=O) groups is 1. The van der Waals surface area contributed by atoms with E-state index in [4.69, 9.17) is 9.47 Å². The van der Waals surface area contributed by atoms with Crippen molar-refractivity contribution in [2.24, 2.45) is 0 Å². The second-order valence-electron chi connectivity index (χ2n) is 5.01. The molecule has 2 aromatic rings. The molecule has 6 nitrogen and oxygen atoms in total. The lowest BCUT2D eigenvalue weighted by molar-refractivity contribution is 0.0443. The number of hydrogen-bond donors (Lipinski definition) is 1. The second kappa shape index (κ2) is 6.88. The molecule has 0 bridgehead atoms. The third kappa shape index (κ3) is 4.05. The number of rotatable bonds is 6. The van der Waals surface area contributed by atoms with Crippen LogP contribution < -0.4 is 4.74 Å². The Morgan fingerprint density at radius 1 is 1.33 bits per heavy atom. The molecule has 2 rings (SSSR count). The lowest BCUT2D eigenvalue weighted by Crippen LogP contribution is -2.12. The van der Waals surface area contributed by atoms with Crippen molar-refractivity contribution < 1.29 is 14.3 Å². The molecule has 0 atom stereocenters.